The third-order valence-corrected chi connectivity index (χ3v) is 6.41. The number of carbonyl (C=O) groups is 1. The first-order valence-electron chi connectivity index (χ1n) is 9.48. The number of fused-ring (bicyclic) bond motifs is 3. The highest BCUT2D eigenvalue weighted by Crippen LogP contribution is 2.43. The lowest BCUT2D eigenvalue weighted by Gasteiger charge is -2.17. The number of aliphatic hydroxyl groups excluding tert-OH is 1. The second-order valence-electron chi connectivity index (χ2n) is 7.36. The first-order chi connectivity index (χ1) is 13.5. The molecule has 5 heteroatoms. The number of thiazole rings is 1. The Balaban J connectivity index is 1.97. The van der Waals surface area contributed by atoms with Gasteiger partial charge >= 0.3 is 0 Å². The molecule has 2 N–H and O–H groups in total. The molecule has 0 saturated heterocycles. The summed E-state index contributed by atoms with van der Waals surface area (Å²) in [5.74, 6) is 0.194. The molecule has 2 aromatic carbocycles. The molecule has 5 rings (SSSR count). The summed E-state index contributed by atoms with van der Waals surface area (Å²) in [5.41, 5.74) is 6.10. The molecule has 1 aliphatic carbocycles. The normalized spacial score (nSPS) is 15.1. The molecule has 0 radical (unpaired) electrons. The van der Waals surface area contributed by atoms with E-state index in [1.165, 1.54) is 0 Å². The summed E-state index contributed by atoms with van der Waals surface area (Å²) in [6, 6.07) is 12.2. The van der Waals surface area contributed by atoms with Crippen LogP contribution in [-0.4, -0.2) is 20.9 Å². The van der Waals surface area contributed by atoms with Crippen LogP contribution in [0.15, 0.2) is 42.2 Å². The van der Waals surface area contributed by atoms with Crippen LogP contribution >= 0.6 is 11.3 Å². The number of Topliss-reactive ketones (excluding diaryl/α,β-unsaturated/α-hetero) is 1. The summed E-state index contributed by atoms with van der Waals surface area (Å²) in [6.45, 7) is 4.05. The number of aromatic nitrogens is 2. The van der Waals surface area contributed by atoms with E-state index in [2.05, 4.69) is 30.1 Å². The van der Waals surface area contributed by atoms with Crippen LogP contribution in [-0.2, 0) is 4.79 Å². The number of hydrogen-bond acceptors (Lipinski definition) is 4. The van der Waals surface area contributed by atoms with Gasteiger partial charge in [-0.1, -0.05) is 24.3 Å². The van der Waals surface area contributed by atoms with Crippen LogP contribution in [0, 0.1) is 13.8 Å². The van der Waals surface area contributed by atoms with E-state index in [0.717, 1.165) is 48.5 Å². The predicted octanol–water partition coefficient (Wildman–Crippen LogP) is 6.08. The Bertz CT molecular complexity index is 1290. The lowest BCUT2D eigenvalue weighted by Crippen LogP contribution is -2.11. The second kappa shape index (κ2) is 6.31. The Morgan fingerprint density at radius 2 is 1.93 bits per heavy atom. The van der Waals surface area contributed by atoms with E-state index in [4.69, 9.17) is 4.98 Å². The van der Waals surface area contributed by atoms with E-state index >= 15 is 0 Å². The summed E-state index contributed by atoms with van der Waals surface area (Å²) in [7, 11) is 0. The van der Waals surface area contributed by atoms with E-state index in [-0.39, 0.29) is 11.5 Å². The molecular formula is C23H20N2O2S. The number of carbonyl (C=O) groups excluding carboxylic acids is 1. The van der Waals surface area contributed by atoms with Gasteiger partial charge in [0.05, 0.1) is 26.5 Å². The number of hydrogen-bond donors (Lipinski definition) is 2. The molecule has 4 aromatic rings. The molecule has 0 aliphatic heterocycles. The standard InChI is InChI=1S/C23H20N2O2S/c1-12-6-3-4-7-14(12)22-21(20-16(26)8-5-9-17(20)27)19-15(25-22)10-11-18-23(19)24-13(2)28-18/h3-4,6-7,10-11,25-26H,5,8-9H2,1-2H3. The molecule has 2 heterocycles. The van der Waals surface area contributed by atoms with Crippen molar-refractivity contribution in [2.75, 3.05) is 0 Å². The van der Waals surface area contributed by atoms with Crippen LogP contribution in [0.4, 0.5) is 0 Å². The summed E-state index contributed by atoms with van der Waals surface area (Å²) in [4.78, 5) is 21.2. The van der Waals surface area contributed by atoms with E-state index in [1.54, 1.807) is 11.3 Å². The number of aryl methyl sites for hydroxylation is 2. The van der Waals surface area contributed by atoms with Crippen molar-refractivity contribution in [3.63, 3.8) is 0 Å². The van der Waals surface area contributed by atoms with Crippen LogP contribution in [0.3, 0.4) is 0 Å². The van der Waals surface area contributed by atoms with E-state index in [0.29, 0.717) is 24.8 Å². The maximum Gasteiger partial charge on any atom is 0.166 e. The molecule has 140 valence electrons. The van der Waals surface area contributed by atoms with E-state index in [9.17, 15) is 9.90 Å². The van der Waals surface area contributed by atoms with Crippen LogP contribution in [0.2, 0.25) is 0 Å². The Labute approximate surface area is 166 Å². The van der Waals surface area contributed by atoms with Gasteiger partial charge in [-0.05, 0) is 38.0 Å². The fourth-order valence-corrected chi connectivity index (χ4v) is 5.04. The highest BCUT2D eigenvalue weighted by Gasteiger charge is 2.29. The highest BCUT2D eigenvalue weighted by atomic mass is 32.1. The van der Waals surface area contributed by atoms with Crippen molar-refractivity contribution in [2.45, 2.75) is 33.1 Å². The van der Waals surface area contributed by atoms with Gasteiger partial charge in [-0.2, -0.15) is 0 Å². The molecule has 0 fully saturated rings. The molecule has 0 amide bonds. The maximum atomic E-state index is 12.9. The number of benzene rings is 2. The smallest absolute Gasteiger partial charge is 0.166 e. The predicted molar refractivity (Wildman–Crippen MR) is 115 cm³/mol. The molecule has 0 bridgehead atoms. The van der Waals surface area contributed by atoms with Crippen molar-refractivity contribution in [2.24, 2.45) is 0 Å². The van der Waals surface area contributed by atoms with Gasteiger partial charge in [0.2, 0.25) is 0 Å². The van der Waals surface area contributed by atoms with Crippen molar-refractivity contribution in [3.05, 3.63) is 58.3 Å². The molecule has 0 saturated carbocycles. The van der Waals surface area contributed by atoms with Crippen molar-refractivity contribution < 1.29 is 9.90 Å². The minimum absolute atomic E-state index is 0.00318. The van der Waals surface area contributed by atoms with E-state index in [1.807, 2.05) is 25.1 Å². The molecule has 4 nitrogen and oxygen atoms in total. The molecule has 0 unspecified atom stereocenters. The van der Waals surface area contributed by atoms with Gasteiger partial charge in [0, 0.05) is 34.9 Å². The summed E-state index contributed by atoms with van der Waals surface area (Å²) in [6.07, 6.45) is 1.69. The summed E-state index contributed by atoms with van der Waals surface area (Å²) >= 11 is 1.64. The summed E-state index contributed by atoms with van der Waals surface area (Å²) < 4.78 is 1.09. The Hall–Kier alpha value is -2.92. The SMILES string of the molecule is Cc1nc2c(ccc3[nH]c(-c4ccccc4C)c(C4=C(O)CCCC4=O)c32)s1. The number of aliphatic hydroxyl groups is 1. The molecule has 1 aliphatic rings. The molecule has 0 spiro atoms. The number of rotatable bonds is 2. The van der Waals surface area contributed by atoms with Crippen LogP contribution in [0.5, 0.6) is 0 Å². The number of allylic oxidation sites excluding steroid dienone is 2. The summed E-state index contributed by atoms with van der Waals surface area (Å²) in [5, 5.41) is 12.6. The van der Waals surface area contributed by atoms with Crippen molar-refractivity contribution >= 4 is 43.8 Å². The van der Waals surface area contributed by atoms with E-state index < -0.39 is 0 Å². The van der Waals surface area contributed by atoms with Crippen LogP contribution in [0.25, 0.3) is 38.0 Å². The van der Waals surface area contributed by atoms with Gasteiger partial charge < -0.3 is 10.1 Å². The monoisotopic (exact) mass is 388 g/mol. The fraction of sp³-hybridized carbons (Fsp3) is 0.217. The maximum absolute atomic E-state index is 12.9. The van der Waals surface area contributed by atoms with Gasteiger partial charge in [0.25, 0.3) is 0 Å². The zero-order chi connectivity index (χ0) is 19.4. The van der Waals surface area contributed by atoms with Crippen molar-refractivity contribution in [3.8, 4) is 11.3 Å². The molecular weight excluding hydrogens is 368 g/mol. The Morgan fingerprint density at radius 3 is 2.71 bits per heavy atom. The van der Waals surface area contributed by atoms with Gasteiger partial charge in [0.1, 0.15) is 5.76 Å². The number of ketones is 1. The lowest BCUT2D eigenvalue weighted by atomic mass is 9.87. The third-order valence-electron chi connectivity index (χ3n) is 5.48. The zero-order valence-corrected chi connectivity index (χ0v) is 16.6. The van der Waals surface area contributed by atoms with Crippen molar-refractivity contribution in [1.29, 1.82) is 0 Å². The number of nitrogens with one attached hydrogen (secondary N) is 1. The Morgan fingerprint density at radius 1 is 1.11 bits per heavy atom. The van der Waals surface area contributed by atoms with Crippen LogP contribution in [0.1, 0.15) is 35.4 Å². The van der Waals surface area contributed by atoms with Gasteiger partial charge in [-0.15, -0.1) is 11.3 Å². The third kappa shape index (κ3) is 2.50. The van der Waals surface area contributed by atoms with Crippen LogP contribution < -0.4 is 0 Å². The number of aromatic amines is 1. The number of H-pyrrole nitrogens is 1. The average Bonchev–Trinajstić information content (AvgIpc) is 3.22. The van der Waals surface area contributed by atoms with Gasteiger partial charge in [0.15, 0.2) is 5.78 Å². The first kappa shape index (κ1) is 17.2. The topological polar surface area (TPSA) is 66.0 Å². The molecule has 28 heavy (non-hydrogen) atoms. The lowest BCUT2D eigenvalue weighted by molar-refractivity contribution is -0.114. The van der Waals surface area contributed by atoms with Gasteiger partial charge in [-0.3, -0.25) is 4.79 Å². The minimum atomic E-state index is 0.00318. The van der Waals surface area contributed by atoms with Crippen molar-refractivity contribution in [1.82, 2.24) is 9.97 Å². The quantitative estimate of drug-likeness (QED) is 0.437. The largest absolute Gasteiger partial charge is 0.512 e. The molecule has 0 atom stereocenters. The van der Waals surface area contributed by atoms with Gasteiger partial charge in [-0.25, -0.2) is 4.98 Å². The molecule has 2 aromatic heterocycles. The first-order valence-corrected chi connectivity index (χ1v) is 10.3. The minimum Gasteiger partial charge on any atom is -0.512 e. The highest BCUT2D eigenvalue weighted by molar-refractivity contribution is 7.18. The average molecular weight is 388 g/mol. The fourth-order valence-electron chi connectivity index (χ4n) is 4.20. The Kier molecular flexibility index (Phi) is 3.88. The zero-order valence-electron chi connectivity index (χ0n) is 15.8. The second-order valence-corrected chi connectivity index (χ2v) is 8.59. The number of nitrogens with zero attached hydrogens (tertiary/aromatic N) is 1.